The van der Waals surface area contributed by atoms with Gasteiger partial charge in [-0.15, -0.1) is 11.3 Å². The molecule has 0 aliphatic heterocycles. The number of aromatic nitrogens is 1. The SMILES string of the molecule is CC(=O)Nc1ccc(-c2csc(N(NC(=O)c3ccc(Br)cc3)C(=O)c3ccccc3)n2)cc1. The fourth-order valence-electron chi connectivity index (χ4n) is 3.09. The van der Waals surface area contributed by atoms with Gasteiger partial charge in [0.25, 0.3) is 11.8 Å². The Morgan fingerprint density at radius 1 is 0.882 bits per heavy atom. The normalized spacial score (nSPS) is 10.4. The number of amides is 3. The molecule has 4 aromatic rings. The van der Waals surface area contributed by atoms with E-state index < -0.39 is 11.8 Å². The highest BCUT2D eigenvalue weighted by Gasteiger charge is 2.24. The van der Waals surface area contributed by atoms with E-state index in [1.807, 2.05) is 18.2 Å². The number of hydrazine groups is 1. The Balaban J connectivity index is 1.63. The lowest BCUT2D eigenvalue weighted by Crippen LogP contribution is -2.46. The number of hydrogen-bond donors (Lipinski definition) is 2. The van der Waals surface area contributed by atoms with Crippen LogP contribution in [0.4, 0.5) is 10.8 Å². The zero-order chi connectivity index (χ0) is 24.1. The van der Waals surface area contributed by atoms with Gasteiger partial charge in [-0.3, -0.25) is 19.8 Å². The first-order chi connectivity index (χ1) is 16.4. The lowest BCUT2D eigenvalue weighted by atomic mass is 10.1. The molecule has 0 unspecified atom stereocenters. The van der Waals surface area contributed by atoms with E-state index in [1.165, 1.54) is 23.3 Å². The molecule has 3 aromatic carbocycles. The van der Waals surface area contributed by atoms with E-state index in [4.69, 9.17) is 0 Å². The molecule has 4 rings (SSSR count). The molecule has 170 valence electrons. The molecular weight excluding hydrogens is 516 g/mol. The highest BCUT2D eigenvalue weighted by molar-refractivity contribution is 9.10. The second-order valence-electron chi connectivity index (χ2n) is 7.23. The van der Waals surface area contributed by atoms with Crippen LogP contribution in [-0.2, 0) is 4.79 Å². The van der Waals surface area contributed by atoms with Gasteiger partial charge in [0.15, 0.2) is 0 Å². The largest absolute Gasteiger partial charge is 0.326 e. The molecule has 0 aliphatic carbocycles. The van der Waals surface area contributed by atoms with Crippen LogP contribution in [0.25, 0.3) is 11.3 Å². The van der Waals surface area contributed by atoms with Crippen LogP contribution in [0.2, 0.25) is 0 Å². The van der Waals surface area contributed by atoms with Crippen LogP contribution in [0.5, 0.6) is 0 Å². The minimum absolute atomic E-state index is 0.153. The Kier molecular flexibility index (Phi) is 7.15. The van der Waals surface area contributed by atoms with Gasteiger partial charge in [0.2, 0.25) is 11.0 Å². The molecule has 9 heteroatoms. The zero-order valence-corrected chi connectivity index (χ0v) is 20.4. The van der Waals surface area contributed by atoms with Crippen molar-refractivity contribution in [2.45, 2.75) is 6.92 Å². The van der Waals surface area contributed by atoms with Gasteiger partial charge < -0.3 is 5.32 Å². The van der Waals surface area contributed by atoms with Crippen molar-refractivity contribution < 1.29 is 14.4 Å². The predicted molar refractivity (Wildman–Crippen MR) is 137 cm³/mol. The fourth-order valence-corrected chi connectivity index (χ4v) is 4.14. The Hall–Kier alpha value is -3.82. The molecule has 0 bridgehead atoms. The number of thiazole rings is 1. The number of carbonyl (C=O) groups excluding carboxylic acids is 3. The third-order valence-electron chi connectivity index (χ3n) is 4.73. The molecule has 1 aromatic heterocycles. The summed E-state index contributed by atoms with van der Waals surface area (Å²) < 4.78 is 0.843. The lowest BCUT2D eigenvalue weighted by Gasteiger charge is -2.20. The second-order valence-corrected chi connectivity index (χ2v) is 8.98. The number of hydrogen-bond acceptors (Lipinski definition) is 5. The number of benzene rings is 3. The highest BCUT2D eigenvalue weighted by atomic mass is 79.9. The van der Waals surface area contributed by atoms with E-state index in [9.17, 15) is 14.4 Å². The molecule has 0 radical (unpaired) electrons. The molecule has 0 fully saturated rings. The summed E-state index contributed by atoms with van der Waals surface area (Å²) >= 11 is 4.58. The summed E-state index contributed by atoms with van der Waals surface area (Å²) in [6.07, 6.45) is 0. The van der Waals surface area contributed by atoms with E-state index in [2.05, 4.69) is 31.7 Å². The monoisotopic (exact) mass is 534 g/mol. The summed E-state index contributed by atoms with van der Waals surface area (Å²) in [4.78, 5) is 42.0. The average Bonchev–Trinajstić information content (AvgIpc) is 3.33. The van der Waals surface area contributed by atoms with Crippen LogP contribution in [0.3, 0.4) is 0 Å². The summed E-state index contributed by atoms with van der Waals surface area (Å²) in [6, 6.07) is 22.7. The van der Waals surface area contributed by atoms with Gasteiger partial charge in [-0.2, -0.15) is 5.01 Å². The van der Waals surface area contributed by atoms with Crippen LogP contribution in [0.1, 0.15) is 27.6 Å². The maximum Gasteiger partial charge on any atom is 0.279 e. The Bertz CT molecular complexity index is 1320. The van der Waals surface area contributed by atoms with Crippen molar-refractivity contribution in [2.24, 2.45) is 0 Å². The summed E-state index contributed by atoms with van der Waals surface area (Å²) in [5, 5.41) is 6.01. The summed E-state index contributed by atoms with van der Waals surface area (Å²) in [6.45, 7) is 1.45. The molecule has 0 spiro atoms. The van der Waals surface area contributed by atoms with Gasteiger partial charge in [0.1, 0.15) is 0 Å². The predicted octanol–water partition coefficient (Wildman–Crippen LogP) is 5.52. The van der Waals surface area contributed by atoms with Gasteiger partial charge in [0.05, 0.1) is 5.69 Å². The quantitative estimate of drug-likeness (QED) is 0.329. The van der Waals surface area contributed by atoms with Crippen LogP contribution in [0, 0.1) is 0 Å². The van der Waals surface area contributed by atoms with E-state index >= 15 is 0 Å². The van der Waals surface area contributed by atoms with Gasteiger partial charge >= 0.3 is 0 Å². The Labute approximate surface area is 208 Å². The minimum atomic E-state index is -0.437. The molecule has 7 nitrogen and oxygen atoms in total. The third kappa shape index (κ3) is 5.56. The van der Waals surface area contributed by atoms with Crippen LogP contribution in [0.15, 0.2) is 88.7 Å². The summed E-state index contributed by atoms with van der Waals surface area (Å²) in [7, 11) is 0. The number of anilines is 2. The van der Waals surface area contributed by atoms with Crippen LogP contribution >= 0.6 is 27.3 Å². The second kappa shape index (κ2) is 10.4. The van der Waals surface area contributed by atoms with Gasteiger partial charge in [-0.1, -0.05) is 46.3 Å². The topological polar surface area (TPSA) is 91.4 Å². The summed E-state index contributed by atoms with van der Waals surface area (Å²) in [5.41, 5.74) is 5.63. The number of carbonyl (C=O) groups is 3. The zero-order valence-electron chi connectivity index (χ0n) is 18.0. The van der Waals surface area contributed by atoms with Crippen molar-refractivity contribution in [3.8, 4) is 11.3 Å². The maximum absolute atomic E-state index is 13.3. The minimum Gasteiger partial charge on any atom is -0.326 e. The molecule has 0 saturated heterocycles. The van der Waals surface area contributed by atoms with E-state index in [0.29, 0.717) is 27.6 Å². The highest BCUT2D eigenvalue weighted by Crippen LogP contribution is 2.28. The third-order valence-corrected chi connectivity index (χ3v) is 6.08. The summed E-state index contributed by atoms with van der Waals surface area (Å²) in [5.74, 6) is -0.999. The first-order valence-electron chi connectivity index (χ1n) is 10.2. The molecule has 34 heavy (non-hydrogen) atoms. The number of nitrogens with one attached hydrogen (secondary N) is 2. The average molecular weight is 535 g/mol. The Morgan fingerprint density at radius 2 is 1.56 bits per heavy atom. The van der Waals surface area contributed by atoms with E-state index in [-0.39, 0.29) is 5.91 Å². The van der Waals surface area contributed by atoms with Gasteiger partial charge in [-0.05, 0) is 48.5 Å². The fraction of sp³-hybridized carbons (Fsp3) is 0.0400. The molecule has 3 amide bonds. The lowest BCUT2D eigenvalue weighted by molar-refractivity contribution is -0.114. The van der Waals surface area contributed by atoms with E-state index in [1.54, 1.807) is 66.0 Å². The smallest absolute Gasteiger partial charge is 0.279 e. The molecule has 1 heterocycles. The van der Waals surface area contributed by atoms with Crippen molar-refractivity contribution in [3.63, 3.8) is 0 Å². The van der Waals surface area contributed by atoms with E-state index in [0.717, 1.165) is 10.0 Å². The molecule has 0 atom stereocenters. The van der Waals surface area contributed by atoms with Crippen LogP contribution in [-0.4, -0.2) is 22.7 Å². The number of nitrogens with zero attached hydrogens (tertiary/aromatic N) is 2. The molecular formula is C25H19BrN4O3S. The van der Waals surface area contributed by atoms with Gasteiger partial charge in [0, 0.05) is 39.2 Å². The Morgan fingerprint density at radius 3 is 2.21 bits per heavy atom. The van der Waals surface area contributed by atoms with Crippen molar-refractivity contribution in [1.29, 1.82) is 0 Å². The first kappa shape index (κ1) is 23.3. The molecule has 0 aliphatic rings. The van der Waals surface area contributed by atoms with Gasteiger partial charge in [-0.25, -0.2) is 4.98 Å². The number of halogens is 1. The maximum atomic E-state index is 13.3. The number of rotatable bonds is 5. The van der Waals surface area contributed by atoms with Crippen molar-refractivity contribution in [3.05, 3.63) is 99.8 Å². The van der Waals surface area contributed by atoms with Crippen molar-refractivity contribution >= 4 is 55.8 Å². The van der Waals surface area contributed by atoms with Crippen molar-refractivity contribution in [2.75, 3.05) is 10.3 Å². The van der Waals surface area contributed by atoms with Crippen molar-refractivity contribution in [1.82, 2.24) is 10.4 Å². The molecule has 2 N–H and O–H groups in total. The standard InChI is InChI=1S/C25H19BrN4O3S/c1-16(31)27-21-13-9-17(10-14-21)22-15-34-25(28-22)30(24(33)19-5-3-2-4-6-19)29-23(32)18-7-11-20(26)12-8-18/h2-15H,1H3,(H,27,31)(H,29,32). The first-order valence-corrected chi connectivity index (χ1v) is 11.9. The molecule has 0 saturated carbocycles. The van der Waals surface area contributed by atoms with Crippen LogP contribution < -0.4 is 15.8 Å².